The van der Waals surface area contributed by atoms with Crippen LogP contribution in [0.1, 0.15) is 35.4 Å². The average molecular weight is 466 g/mol. The minimum Gasteiger partial charge on any atom is -0.378 e. The molecule has 174 valence electrons. The lowest BCUT2D eigenvalue weighted by molar-refractivity contribution is -0.113. The Morgan fingerprint density at radius 3 is 2.76 bits per heavy atom. The van der Waals surface area contributed by atoms with Gasteiger partial charge in [0.05, 0.1) is 24.9 Å². The molecule has 0 radical (unpaired) electrons. The van der Waals surface area contributed by atoms with Gasteiger partial charge in [-0.15, -0.1) is 10.2 Å². The van der Waals surface area contributed by atoms with Gasteiger partial charge in [0.1, 0.15) is 0 Å². The van der Waals surface area contributed by atoms with E-state index < -0.39 is 0 Å². The summed E-state index contributed by atoms with van der Waals surface area (Å²) in [4.78, 5) is 12.5. The molecule has 0 saturated carbocycles. The number of nitrogens with one attached hydrogen (secondary N) is 2. The van der Waals surface area contributed by atoms with Gasteiger partial charge in [0.25, 0.3) is 0 Å². The van der Waals surface area contributed by atoms with Gasteiger partial charge in [0.2, 0.25) is 5.91 Å². The zero-order valence-corrected chi connectivity index (χ0v) is 20.2. The summed E-state index contributed by atoms with van der Waals surface area (Å²) in [7, 11) is 0. The maximum absolute atomic E-state index is 12.5. The highest BCUT2D eigenvalue weighted by Gasteiger charge is 2.21. The number of carbonyl (C=O) groups is 1. The quantitative estimate of drug-likeness (QED) is 0.445. The van der Waals surface area contributed by atoms with Crippen molar-refractivity contribution in [2.24, 2.45) is 0 Å². The number of benzene rings is 2. The Labute approximate surface area is 199 Å². The van der Waals surface area contributed by atoms with Gasteiger partial charge < -0.3 is 19.9 Å². The van der Waals surface area contributed by atoms with Crippen molar-refractivity contribution in [2.45, 2.75) is 58.0 Å². The molecule has 2 heterocycles. The number of thioether (sulfide) groups is 1. The summed E-state index contributed by atoms with van der Waals surface area (Å²) in [5.41, 5.74) is 5.43. The number of nitrogens with zero attached hydrogens (tertiary/aromatic N) is 3. The van der Waals surface area contributed by atoms with Crippen molar-refractivity contribution < 1.29 is 9.53 Å². The molecule has 1 aliphatic rings. The van der Waals surface area contributed by atoms with E-state index in [2.05, 4.69) is 57.4 Å². The van der Waals surface area contributed by atoms with E-state index in [0.29, 0.717) is 13.1 Å². The molecule has 0 spiro atoms. The lowest BCUT2D eigenvalue weighted by Gasteiger charge is -2.16. The van der Waals surface area contributed by atoms with Gasteiger partial charge in [0, 0.05) is 18.0 Å². The highest BCUT2D eigenvalue weighted by atomic mass is 32.2. The molecule has 1 amide bonds. The Kier molecular flexibility index (Phi) is 7.67. The molecule has 1 aliphatic heterocycles. The van der Waals surface area contributed by atoms with Crippen molar-refractivity contribution in [2.75, 3.05) is 23.0 Å². The third-order valence-electron chi connectivity index (χ3n) is 5.66. The zero-order valence-electron chi connectivity index (χ0n) is 19.4. The van der Waals surface area contributed by atoms with Gasteiger partial charge in [0.15, 0.2) is 11.0 Å². The van der Waals surface area contributed by atoms with E-state index in [0.717, 1.165) is 47.4 Å². The lowest BCUT2D eigenvalue weighted by atomic mass is 10.1. The van der Waals surface area contributed by atoms with Crippen LogP contribution < -0.4 is 10.6 Å². The number of carbonyl (C=O) groups excluding carboxylic acids is 1. The van der Waals surface area contributed by atoms with Crippen molar-refractivity contribution in [1.29, 1.82) is 0 Å². The van der Waals surface area contributed by atoms with Crippen molar-refractivity contribution in [3.8, 4) is 0 Å². The molecule has 0 unspecified atom stereocenters. The van der Waals surface area contributed by atoms with Crippen LogP contribution in [0.4, 0.5) is 11.4 Å². The van der Waals surface area contributed by atoms with Gasteiger partial charge in [-0.3, -0.25) is 4.79 Å². The molecule has 0 bridgehead atoms. The number of anilines is 2. The fourth-order valence-corrected chi connectivity index (χ4v) is 4.73. The first-order chi connectivity index (χ1) is 16.0. The Hall–Kier alpha value is -2.84. The van der Waals surface area contributed by atoms with Crippen molar-refractivity contribution in [1.82, 2.24) is 14.8 Å². The summed E-state index contributed by atoms with van der Waals surface area (Å²) in [6, 6.07) is 14.1. The summed E-state index contributed by atoms with van der Waals surface area (Å²) in [5, 5.41) is 16.0. The third-order valence-corrected chi connectivity index (χ3v) is 6.62. The van der Waals surface area contributed by atoms with Crippen molar-refractivity contribution >= 4 is 29.0 Å². The smallest absolute Gasteiger partial charge is 0.234 e. The first-order valence-corrected chi connectivity index (χ1v) is 12.3. The fourth-order valence-electron chi connectivity index (χ4n) is 3.97. The van der Waals surface area contributed by atoms with Gasteiger partial charge in [-0.25, -0.2) is 0 Å². The topological polar surface area (TPSA) is 81.1 Å². The molecule has 1 saturated heterocycles. The van der Waals surface area contributed by atoms with Gasteiger partial charge in [-0.05, 0) is 62.9 Å². The molecular weight excluding hydrogens is 434 g/mol. The first-order valence-electron chi connectivity index (χ1n) is 11.3. The third kappa shape index (κ3) is 6.36. The Bertz CT molecular complexity index is 1110. The van der Waals surface area contributed by atoms with Crippen LogP contribution in [0, 0.1) is 20.8 Å². The first kappa shape index (κ1) is 23.3. The maximum atomic E-state index is 12.5. The molecule has 0 aliphatic carbocycles. The van der Waals surface area contributed by atoms with E-state index >= 15 is 0 Å². The Morgan fingerprint density at radius 1 is 1.15 bits per heavy atom. The predicted molar refractivity (Wildman–Crippen MR) is 133 cm³/mol. The average Bonchev–Trinajstić information content (AvgIpc) is 3.42. The van der Waals surface area contributed by atoms with E-state index in [-0.39, 0.29) is 17.8 Å². The van der Waals surface area contributed by atoms with Crippen LogP contribution in [0.5, 0.6) is 0 Å². The van der Waals surface area contributed by atoms with Gasteiger partial charge >= 0.3 is 0 Å². The monoisotopic (exact) mass is 465 g/mol. The number of rotatable bonds is 9. The van der Waals surface area contributed by atoms with Gasteiger partial charge in [-0.1, -0.05) is 41.6 Å². The molecule has 2 aromatic carbocycles. The number of ether oxygens (including phenoxy) is 1. The molecular formula is C25H31N5O2S. The summed E-state index contributed by atoms with van der Waals surface area (Å²) in [6.45, 7) is 8.24. The van der Waals surface area contributed by atoms with Crippen LogP contribution >= 0.6 is 11.8 Å². The summed E-state index contributed by atoms with van der Waals surface area (Å²) in [5.74, 6) is 1.04. The lowest BCUT2D eigenvalue weighted by Crippen LogP contribution is -2.20. The second-order valence-electron chi connectivity index (χ2n) is 8.52. The van der Waals surface area contributed by atoms with E-state index in [9.17, 15) is 4.79 Å². The fraction of sp³-hybridized carbons (Fsp3) is 0.400. The molecule has 4 rings (SSSR count). The Morgan fingerprint density at radius 2 is 2.00 bits per heavy atom. The van der Waals surface area contributed by atoms with Gasteiger partial charge in [-0.2, -0.15) is 0 Å². The normalized spacial score (nSPS) is 15.5. The maximum Gasteiger partial charge on any atom is 0.234 e. The minimum atomic E-state index is -0.0628. The molecule has 33 heavy (non-hydrogen) atoms. The van der Waals surface area contributed by atoms with Crippen molar-refractivity contribution in [3.63, 3.8) is 0 Å². The second-order valence-corrected chi connectivity index (χ2v) is 9.47. The molecule has 2 N–H and O–H groups in total. The SMILES string of the molecule is Cc1cccc(NC(=O)CSc2nnc(CNc3ccc(C)cc3C)n2C[C@H]2CCCO2)c1. The molecule has 1 aromatic heterocycles. The summed E-state index contributed by atoms with van der Waals surface area (Å²) in [6.07, 6.45) is 2.26. The molecule has 1 fully saturated rings. The molecule has 3 aromatic rings. The number of hydrogen-bond donors (Lipinski definition) is 2. The summed E-state index contributed by atoms with van der Waals surface area (Å²) < 4.78 is 7.96. The second kappa shape index (κ2) is 10.9. The van der Waals surface area contributed by atoms with E-state index in [1.807, 2.05) is 31.2 Å². The number of hydrogen-bond acceptors (Lipinski definition) is 6. The van der Waals surface area contributed by atoms with Crippen LogP contribution in [0.25, 0.3) is 0 Å². The molecule has 7 nitrogen and oxygen atoms in total. The standard InChI is InChI=1S/C25H31N5O2S/c1-17-6-4-7-20(13-17)27-24(31)16-33-25-29-28-23(30(25)15-21-8-5-11-32-21)14-26-22-10-9-18(2)12-19(22)3/h4,6-7,9-10,12-13,21,26H,5,8,11,14-16H2,1-3H3,(H,27,31)/t21-/m1/s1. The summed E-state index contributed by atoms with van der Waals surface area (Å²) >= 11 is 1.40. The van der Waals surface area contributed by atoms with Crippen LogP contribution in [0.15, 0.2) is 47.6 Å². The van der Waals surface area contributed by atoms with Crippen LogP contribution in [0.3, 0.4) is 0 Å². The Balaban J connectivity index is 1.43. The van der Waals surface area contributed by atoms with Crippen molar-refractivity contribution in [3.05, 3.63) is 65.0 Å². The van der Waals surface area contributed by atoms with E-state index in [1.54, 1.807) is 0 Å². The van der Waals surface area contributed by atoms with E-state index in [1.165, 1.54) is 22.9 Å². The van der Waals surface area contributed by atoms with E-state index in [4.69, 9.17) is 4.74 Å². The predicted octanol–water partition coefficient (Wildman–Crippen LogP) is 4.73. The van der Waals surface area contributed by atoms with Crippen LogP contribution in [-0.2, 0) is 22.6 Å². The largest absolute Gasteiger partial charge is 0.378 e. The highest BCUT2D eigenvalue weighted by Crippen LogP contribution is 2.23. The highest BCUT2D eigenvalue weighted by molar-refractivity contribution is 7.99. The zero-order chi connectivity index (χ0) is 23.2. The molecule has 8 heteroatoms. The molecule has 1 atom stereocenters. The van der Waals surface area contributed by atoms with Crippen LogP contribution in [-0.4, -0.2) is 39.1 Å². The number of amides is 1. The minimum absolute atomic E-state index is 0.0628. The number of aromatic nitrogens is 3. The van der Waals surface area contributed by atoms with Crippen LogP contribution in [0.2, 0.25) is 0 Å². The number of aryl methyl sites for hydroxylation is 3.